The van der Waals surface area contributed by atoms with E-state index in [2.05, 4.69) is 31.2 Å². The van der Waals surface area contributed by atoms with Gasteiger partial charge in [0.1, 0.15) is 11.6 Å². The molecule has 1 heterocycles. The Morgan fingerprint density at radius 1 is 1.44 bits per heavy atom. The highest BCUT2D eigenvalue weighted by Crippen LogP contribution is 2.23. The number of benzene rings is 1. The SMILES string of the molecule is CNc1ncc(Cl)c(OCc2cccc(Br)c2)n1. The maximum Gasteiger partial charge on any atom is 0.237 e. The molecule has 0 atom stereocenters. The van der Waals surface area contributed by atoms with Crippen LogP contribution in [0.5, 0.6) is 5.88 Å². The summed E-state index contributed by atoms with van der Waals surface area (Å²) in [6, 6.07) is 7.86. The Kier molecular flexibility index (Phi) is 4.38. The lowest BCUT2D eigenvalue weighted by Crippen LogP contribution is -2.02. The Morgan fingerprint density at radius 3 is 3.00 bits per heavy atom. The highest BCUT2D eigenvalue weighted by Gasteiger charge is 2.06. The molecular formula is C12H11BrClN3O. The summed E-state index contributed by atoms with van der Waals surface area (Å²) >= 11 is 9.37. The van der Waals surface area contributed by atoms with Crippen molar-refractivity contribution in [3.05, 3.63) is 45.5 Å². The molecule has 6 heteroatoms. The number of halogens is 2. The van der Waals surface area contributed by atoms with Crippen LogP contribution in [0.1, 0.15) is 5.56 Å². The van der Waals surface area contributed by atoms with Crippen molar-refractivity contribution < 1.29 is 4.74 Å². The molecule has 18 heavy (non-hydrogen) atoms. The van der Waals surface area contributed by atoms with Gasteiger partial charge in [0, 0.05) is 11.5 Å². The van der Waals surface area contributed by atoms with Crippen LogP contribution >= 0.6 is 27.5 Å². The van der Waals surface area contributed by atoms with Crippen molar-refractivity contribution in [2.75, 3.05) is 12.4 Å². The molecule has 0 aliphatic rings. The first-order valence-electron chi connectivity index (χ1n) is 5.26. The topological polar surface area (TPSA) is 47.0 Å². The van der Waals surface area contributed by atoms with Gasteiger partial charge in [0.15, 0.2) is 0 Å². The fourth-order valence-corrected chi connectivity index (χ4v) is 1.94. The van der Waals surface area contributed by atoms with Crippen LogP contribution in [0.15, 0.2) is 34.9 Å². The summed E-state index contributed by atoms with van der Waals surface area (Å²) in [5.41, 5.74) is 1.03. The fourth-order valence-electron chi connectivity index (χ4n) is 1.35. The number of ether oxygens (including phenoxy) is 1. The molecule has 0 radical (unpaired) electrons. The van der Waals surface area contributed by atoms with Crippen molar-refractivity contribution in [3.63, 3.8) is 0 Å². The highest BCUT2D eigenvalue weighted by molar-refractivity contribution is 9.10. The summed E-state index contributed by atoms with van der Waals surface area (Å²) in [6.45, 7) is 0.402. The van der Waals surface area contributed by atoms with Gasteiger partial charge >= 0.3 is 0 Å². The molecule has 0 amide bonds. The number of nitrogens with one attached hydrogen (secondary N) is 1. The van der Waals surface area contributed by atoms with Gasteiger partial charge in [-0.2, -0.15) is 4.98 Å². The van der Waals surface area contributed by atoms with Gasteiger partial charge in [-0.15, -0.1) is 0 Å². The molecule has 2 aromatic rings. The zero-order chi connectivity index (χ0) is 13.0. The number of nitrogens with zero attached hydrogens (tertiary/aromatic N) is 2. The molecule has 0 bridgehead atoms. The van der Waals surface area contributed by atoms with Gasteiger partial charge in [-0.25, -0.2) is 4.98 Å². The van der Waals surface area contributed by atoms with Crippen molar-refractivity contribution in [1.29, 1.82) is 0 Å². The third-order valence-electron chi connectivity index (χ3n) is 2.20. The zero-order valence-corrected chi connectivity index (χ0v) is 12.0. The third-order valence-corrected chi connectivity index (χ3v) is 2.95. The first kappa shape index (κ1) is 13.1. The van der Waals surface area contributed by atoms with Crippen LogP contribution in [0.25, 0.3) is 0 Å². The van der Waals surface area contributed by atoms with Crippen LogP contribution in [0.2, 0.25) is 5.02 Å². The van der Waals surface area contributed by atoms with E-state index in [0.29, 0.717) is 23.5 Å². The van der Waals surface area contributed by atoms with Gasteiger partial charge in [-0.05, 0) is 17.7 Å². The summed E-state index contributed by atoms with van der Waals surface area (Å²) < 4.78 is 6.58. The standard InChI is InChI=1S/C12H11BrClN3O/c1-15-12-16-6-10(14)11(17-12)18-7-8-3-2-4-9(13)5-8/h2-6H,7H2,1H3,(H,15,16,17). The first-order chi connectivity index (χ1) is 8.69. The van der Waals surface area contributed by atoms with Crippen LogP contribution in [-0.2, 0) is 6.61 Å². The smallest absolute Gasteiger partial charge is 0.237 e. The maximum absolute atomic E-state index is 5.96. The monoisotopic (exact) mass is 327 g/mol. The zero-order valence-electron chi connectivity index (χ0n) is 9.65. The summed E-state index contributed by atoms with van der Waals surface area (Å²) in [7, 11) is 1.74. The van der Waals surface area contributed by atoms with Crippen LogP contribution in [-0.4, -0.2) is 17.0 Å². The summed E-state index contributed by atoms with van der Waals surface area (Å²) in [4.78, 5) is 8.13. The van der Waals surface area contributed by atoms with E-state index in [0.717, 1.165) is 10.0 Å². The maximum atomic E-state index is 5.96. The van der Waals surface area contributed by atoms with Crippen LogP contribution in [0, 0.1) is 0 Å². The fraction of sp³-hybridized carbons (Fsp3) is 0.167. The van der Waals surface area contributed by atoms with E-state index in [1.54, 1.807) is 7.05 Å². The molecule has 0 unspecified atom stereocenters. The van der Waals surface area contributed by atoms with Crippen molar-refractivity contribution >= 4 is 33.5 Å². The second-order valence-electron chi connectivity index (χ2n) is 3.52. The second-order valence-corrected chi connectivity index (χ2v) is 4.84. The normalized spacial score (nSPS) is 10.2. The Labute approximate surface area is 118 Å². The third kappa shape index (κ3) is 3.34. The van der Waals surface area contributed by atoms with Gasteiger partial charge in [0.05, 0.1) is 6.20 Å². The highest BCUT2D eigenvalue weighted by atomic mass is 79.9. The van der Waals surface area contributed by atoms with Crippen LogP contribution < -0.4 is 10.1 Å². The van der Waals surface area contributed by atoms with Crippen molar-refractivity contribution in [2.45, 2.75) is 6.61 Å². The van der Waals surface area contributed by atoms with E-state index in [1.807, 2.05) is 24.3 Å². The van der Waals surface area contributed by atoms with Gasteiger partial charge in [0.2, 0.25) is 11.8 Å². The average molecular weight is 329 g/mol. The van der Waals surface area contributed by atoms with Crippen LogP contribution in [0.4, 0.5) is 5.95 Å². The van der Waals surface area contributed by atoms with E-state index >= 15 is 0 Å². The lowest BCUT2D eigenvalue weighted by atomic mass is 10.2. The molecule has 94 valence electrons. The van der Waals surface area contributed by atoms with Gasteiger partial charge in [-0.1, -0.05) is 39.7 Å². The van der Waals surface area contributed by atoms with Gasteiger partial charge in [-0.3, -0.25) is 0 Å². The lowest BCUT2D eigenvalue weighted by Gasteiger charge is -2.08. The molecular weight excluding hydrogens is 318 g/mol. The van der Waals surface area contributed by atoms with Gasteiger partial charge < -0.3 is 10.1 Å². The minimum Gasteiger partial charge on any atom is -0.472 e. The number of aromatic nitrogens is 2. The quantitative estimate of drug-likeness (QED) is 0.933. The van der Waals surface area contributed by atoms with E-state index in [-0.39, 0.29) is 0 Å². The van der Waals surface area contributed by atoms with E-state index < -0.39 is 0 Å². The number of hydrogen-bond acceptors (Lipinski definition) is 4. The molecule has 0 aliphatic carbocycles. The molecule has 2 rings (SSSR count). The Hall–Kier alpha value is -1.33. The Balaban J connectivity index is 2.10. The largest absolute Gasteiger partial charge is 0.472 e. The average Bonchev–Trinajstić information content (AvgIpc) is 2.38. The molecule has 0 fully saturated rings. The molecule has 4 nitrogen and oxygen atoms in total. The minimum absolute atomic E-state index is 0.371. The molecule has 1 aromatic carbocycles. The Morgan fingerprint density at radius 2 is 2.28 bits per heavy atom. The van der Waals surface area contributed by atoms with E-state index in [4.69, 9.17) is 16.3 Å². The van der Waals surface area contributed by atoms with Crippen molar-refractivity contribution in [1.82, 2.24) is 9.97 Å². The van der Waals surface area contributed by atoms with E-state index in [1.165, 1.54) is 6.20 Å². The first-order valence-corrected chi connectivity index (χ1v) is 6.43. The molecule has 0 spiro atoms. The Bertz CT molecular complexity index is 551. The molecule has 0 aliphatic heterocycles. The lowest BCUT2D eigenvalue weighted by molar-refractivity contribution is 0.294. The summed E-state index contributed by atoms with van der Waals surface area (Å²) in [6.07, 6.45) is 1.51. The molecule has 0 saturated heterocycles. The predicted molar refractivity (Wildman–Crippen MR) is 75.1 cm³/mol. The van der Waals surface area contributed by atoms with Crippen molar-refractivity contribution in [3.8, 4) is 5.88 Å². The van der Waals surface area contributed by atoms with Gasteiger partial charge in [0.25, 0.3) is 0 Å². The number of hydrogen-bond donors (Lipinski definition) is 1. The minimum atomic E-state index is 0.371. The van der Waals surface area contributed by atoms with Crippen molar-refractivity contribution in [2.24, 2.45) is 0 Å². The number of anilines is 1. The van der Waals surface area contributed by atoms with E-state index in [9.17, 15) is 0 Å². The van der Waals surface area contributed by atoms with Crippen LogP contribution in [0.3, 0.4) is 0 Å². The molecule has 1 N–H and O–H groups in total. The molecule has 0 saturated carbocycles. The predicted octanol–water partition coefficient (Wildman–Crippen LogP) is 3.51. The number of rotatable bonds is 4. The second kappa shape index (κ2) is 6.02. The summed E-state index contributed by atoms with van der Waals surface area (Å²) in [5, 5.41) is 3.23. The summed E-state index contributed by atoms with van der Waals surface area (Å²) in [5.74, 6) is 0.847. The molecule has 1 aromatic heterocycles.